The molecule has 2 rings (SSSR count). The van der Waals surface area contributed by atoms with Crippen molar-refractivity contribution in [3.63, 3.8) is 0 Å². The second kappa shape index (κ2) is 4.10. The van der Waals surface area contributed by atoms with Crippen LogP contribution in [0, 0.1) is 0 Å². The van der Waals surface area contributed by atoms with E-state index < -0.39 is 0 Å². The predicted molar refractivity (Wildman–Crippen MR) is 55.4 cm³/mol. The lowest BCUT2D eigenvalue weighted by molar-refractivity contribution is 0.479. The average Bonchev–Trinajstić information content (AvgIpc) is 2.64. The van der Waals surface area contributed by atoms with Gasteiger partial charge in [-0.05, 0) is 11.6 Å². The lowest BCUT2D eigenvalue weighted by Crippen LogP contribution is -1.97. The Balaban J connectivity index is 2.16. The lowest BCUT2D eigenvalue weighted by Gasteiger charge is -2.03. The molecule has 0 aliphatic rings. The van der Waals surface area contributed by atoms with Crippen molar-refractivity contribution in [2.75, 3.05) is 0 Å². The molecule has 0 bridgehead atoms. The number of nitrogens with zero attached hydrogens (tertiary/aromatic N) is 3. The molecule has 2 aromatic heterocycles. The van der Waals surface area contributed by atoms with Gasteiger partial charge in [-0.1, -0.05) is 0 Å². The molecular formula is C10H12N4O. The monoisotopic (exact) mass is 204 g/mol. The molecule has 2 heterocycles. The van der Waals surface area contributed by atoms with E-state index in [1.165, 1.54) is 0 Å². The lowest BCUT2D eigenvalue weighted by atomic mass is 10.3. The zero-order valence-electron chi connectivity index (χ0n) is 8.42. The number of hydrogen-bond donors (Lipinski definition) is 1. The van der Waals surface area contributed by atoms with Gasteiger partial charge < -0.3 is 10.5 Å². The van der Waals surface area contributed by atoms with Crippen molar-refractivity contribution >= 4 is 0 Å². The minimum atomic E-state index is 0.456. The minimum Gasteiger partial charge on any atom is -0.452 e. The number of nitrogens with two attached hydrogens (primary N) is 1. The molecule has 0 spiro atoms. The third kappa shape index (κ3) is 2.32. The standard InChI is InChI=1S/C10H12N4O/c1-14-7-10(6-13-14)15-9-2-8(3-11)4-12-5-9/h2,4-7H,3,11H2,1H3. The molecule has 0 amide bonds. The van der Waals surface area contributed by atoms with E-state index in [1.807, 2.05) is 13.1 Å². The van der Waals surface area contributed by atoms with Crippen LogP contribution in [0.25, 0.3) is 0 Å². The second-order valence-corrected chi connectivity index (χ2v) is 3.18. The molecule has 78 valence electrons. The van der Waals surface area contributed by atoms with Crippen LogP contribution in [0.2, 0.25) is 0 Å². The SMILES string of the molecule is Cn1cc(Oc2cncc(CN)c2)cn1. The molecule has 15 heavy (non-hydrogen) atoms. The summed E-state index contributed by atoms with van der Waals surface area (Å²) in [5.74, 6) is 1.36. The Labute approximate surface area is 87.5 Å². The summed E-state index contributed by atoms with van der Waals surface area (Å²) in [6.45, 7) is 0.456. The molecule has 0 saturated heterocycles. The van der Waals surface area contributed by atoms with Crippen molar-refractivity contribution < 1.29 is 4.74 Å². The van der Waals surface area contributed by atoms with Crippen LogP contribution in [0.1, 0.15) is 5.56 Å². The van der Waals surface area contributed by atoms with Crippen molar-refractivity contribution in [2.45, 2.75) is 6.54 Å². The van der Waals surface area contributed by atoms with Gasteiger partial charge in [-0.2, -0.15) is 5.10 Å². The van der Waals surface area contributed by atoms with Gasteiger partial charge in [0.05, 0.1) is 18.6 Å². The van der Waals surface area contributed by atoms with E-state index in [1.54, 1.807) is 29.5 Å². The first-order valence-electron chi connectivity index (χ1n) is 4.58. The van der Waals surface area contributed by atoms with E-state index in [9.17, 15) is 0 Å². The molecule has 0 aliphatic carbocycles. The van der Waals surface area contributed by atoms with Crippen LogP contribution in [-0.2, 0) is 13.6 Å². The number of pyridine rings is 1. The Bertz CT molecular complexity index is 452. The number of hydrogen-bond acceptors (Lipinski definition) is 4. The van der Waals surface area contributed by atoms with E-state index in [-0.39, 0.29) is 0 Å². The quantitative estimate of drug-likeness (QED) is 0.812. The largest absolute Gasteiger partial charge is 0.452 e. The minimum absolute atomic E-state index is 0.456. The van der Waals surface area contributed by atoms with Crippen molar-refractivity contribution in [1.29, 1.82) is 0 Å². The summed E-state index contributed by atoms with van der Waals surface area (Å²) >= 11 is 0. The van der Waals surface area contributed by atoms with Crippen LogP contribution >= 0.6 is 0 Å². The van der Waals surface area contributed by atoms with Gasteiger partial charge in [0.1, 0.15) is 5.75 Å². The molecule has 0 radical (unpaired) electrons. The molecular weight excluding hydrogens is 192 g/mol. The molecule has 0 atom stereocenters. The van der Waals surface area contributed by atoms with Gasteiger partial charge in [0.15, 0.2) is 5.75 Å². The highest BCUT2D eigenvalue weighted by Crippen LogP contribution is 2.19. The Hall–Kier alpha value is -1.88. The Morgan fingerprint density at radius 2 is 2.20 bits per heavy atom. The molecule has 0 fully saturated rings. The fourth-order valence-corrected chi connectivity index (χ4v) is 1.22. The topological polar surface area (TPSA) is 66.0 Å². The molecule has 5 heteroatoms. The maximum atomic E-state index is 5.54. The molecule has 0 aromatic carbocycles. The van der Waals surface area contributed by atoms with Crippen molar-refractivity contribution in [3.8, 4) is 11.5 Å². The average molecular weight is 204 g/mol. The van der Waals surface area contributed by atoms with Gasteiger partial charge in [-0.25, -0.2) is 0 Å². The molecule has 2 aromatic rings. The highest BCUT2D eigenvalue weighted by atomic mass is 16.5. The third-order valence-electron chi connectivity index (χ3n) is 1.92. The fourth-order valence-electron chi connectivity index (χ4n) is 1.22. The smallest absolute Gasteiger partial charge is 0.165 e. The van der Waals surface area contributed by atoms with Crippen molar-refractivity contribution in [3.05, 3.63) is 36.4 Å². The number of rotatable bonds is 3. The predicted octanol–water partition coefficient (Wildman–Crippen LogP) is 1.07. The van der Waals surface area contributed by atoms with Crippen LogP contribution in [0.3, 0.4) is 0 Å². The van der Waals surface area contributed by atoms with Crippen LogP contribution in [0.5, 0.6) is 11.5 Å². The van der Waals surface area contributed by atoms with Gasteiger partial charge in [0.2, 0.25) is 0 Å². The zero-order chi connectivity index (χ0) is 10.7. The highest BCUT2D eigenvalue weighted by molar-refractivity contribution is 5.28. The highest BCUT2D eigenvalue weighted by Gasteiger charge is 2.00. The molecule has 0 unspecified atom stereocenters. The first-order valence-corrected chi connectivity index (χ1v) is 4.58. The van der Waals surface area contributed by atoms with Crippen LogP contribution in [0.15, 0.2) is 30.9 Å². The third-order valence-corrected chi connectivity index (χ3v) is 1.92. The van der Waals surface area contributed by atoms with Crippen LogP contribution in [0.4, 0.5) is 0 Å². The molecule has 0 aliphatic heterocycles. The molecule has 0 saturated carbocycles. The summed E-state index contributed by atoms with van der Waals surface area (Å²) in [4.78, 5) is 4.03. The number of aromatic nitrogens is 3. The maximum Gasteiger partial charge on any atom is 0.165 e. The summed E-state index contributed by atoms with van der Waals surface area (Å²) in [6.07, 6.45) is 6.80. The Kier molecular flexibility index (Phi) is 2.64. The number of ether oxygens (including phenoxy) is 1. The van der Waals surface area contributed by atoms with Crippen molar-refractivity contribution in [2.24, 2.45) is 12.8 Å². The summed E-state index contributed by atoms with van der Waals surface area (Å²) in [6, 6.07) is 1.86. The van der Waals surface area contributed by atoms with Gasteiger partial charge in [-0.15, -0.1) is 0 Å². The van der Waals surface area contributed by atoms with Gasteiger partial charge in [0.25, 0.3) is 0 Å². The zero-order valence-corrected chi connectivity index (χ0v) is 8.42. The maximum absolute atomic E-state index is 5.54. The van der Waals surface area contributed by atoms with Crippen LogP contribution < -0.4 is 10.5 Å². The van der Waals surface area contributed by atoms with E-state index in [2.05, 4.69) is 10.1 Å². The van der Waals surface area contributed by atoms with Gasteiger partial charge in [-0.3, -0.25) is 9.67 Å². The Morgan fingerprint density at radius 1 is 1.33 bits per heavy atom. The second-order valence-electron chi connectivity index (χ2n) is 3.18. The summed E-state index contributed by atoms with van der Waals surface area (Å²) in [5.41, 5.74) is 6.45. The summed E-state index contributed by atoms with van der Waals surface area (Å²) < 4.78 is 7.22. The molecule has 5 nitrogen and oxygen atoms in total. The number of aryl methyl sites for hydroxylation is 1. The van der Waals surface area contributed by atoms with E-state index >= 15 is 0 Å². The normalized spacial score (nSPS) is 10.3. The van der Waals surface area contributed by atoms with E-state index in [0.29, 0.717) is 18.0 Å². The van der Waals surface area contributed by atoms with Gasteiger partial charge in [0, 0.05) is 19.8 Å². The van der Waals surface area contributed by atoms with E-state index in [4.69, 9.17) is 10.5 Å². The first kappa shape index (κ1) is 9.67. The first-order chi connectivity index (χ1) is 7.28. The fraction of sp³-hybridized carbons (Fsp3) is 0.200. The van der Waals surface area contributed by atoms with Crippen molar-refractivity contribution in [1.82, 2.24) is 14.8 Å². The van der Waals surface area contributed by atoms with Crippen LogP contribution in [-0.4, -0.2) is 14.8 Å². The van der Waals surface area contributed by atoms with Gasteiger partial charge >= 0.3 is 0 Å². The van der Waals surface area contributed by atoms with E-state index in [0.717, 1.165) is 5.56 Å². The molecule has 2 N–H and O–H groups in total. The summed E-state index contributed by atoms with van der Waals surface area (Å²) in [5, 5.41) is 4.00. The summed E-state index contributed by atoms with van der Waals surface area (Å²) in [7, 11) is 1.83. The Morgan fingerprint density at radius 3 is 2.87 bits per heavy atom.